The minimum Gasteiger partial charge on any atom is -0.384 e. The topological polar surface area (TPSA) is 24.9 Å². The number of fused-ring (bicyclic) bond motifs is 1. The normalized spacial score (nSPS) is 16.9. The summed E-state index contributed by atoms with van der Waals surface area (Å²) in [6, 6.07) is 10.5. The smallest absolute Gasteiger partial charge is 0.0722 e. The number of anilines is 1. The van der Waals surface area contributed by atoms with E-state index in [1.54, 1.807) is 0 Å². The van der Waals surface area contributed by atoms with Crippen LogP contribution in [0.15, 0.2) is 36.5 Å². The molecule has 1 N–H and O–H groups in total. The van der Waals surface area contributed by atoms with E-state index in [9.17, 15) is 0 Å². The molecular weight excluding hydrogens is 220 g/mol. The molecule has 18 heavy (non-hydrogen) atoms. The molecule has 1 aromatic carbocycles. The first kappa shape index (κ1) is 11.5. The van der Waals surface area contributed by atoms with Gasteiger partial charge in [-0.15, -0.1) is 0 Å². The summed E-state index contributed by atoms with van der Waals surface area (Å²) in [7, 11) is 0. The van der Waals surface area contributed by atoms with Gasteiger partial charge in [0.2, 0.25) is 0 Å². The van der Waals surface area contributed by atoms with E-state index in [4.69, 9.17) is 0 Å². The molecule has 1 fully saturated rings. The number of rotatable bonds is 3. The predicted octanol–water partition coefficient (Wildman–Crippen LogP) is 4.23. The van der Waals surface area contributed by atoms with Crippen LogP contribution in [-0.2, 0) is 0 Å². The molecule has 0 bridgehead atoms. The summed E-state index contributed by atoms with van der Waals surface area (Å²) in [4.78, 5) is 4.40. The lowest BCUT2D eigenvalue weighted by atomic mass is 9.89. The zero-order chi connectivity index (χ0) is 12.2. The van der Waals surface area contributed by atoms with Crippen LogP contribution < -0.4 is 5.32 Å². The van der Waals surface area contributed by atoms with Gasteiger partial charge in [-0.2, -0.15) is 0 Å². The number of pyridine rings is 1. The quantitative estimate of drug-likeness (QED) is 0.868. The Morgan fingerprint density at radius 3 is 2.83 bits per heavy atom. The van der Waals surface area contributed by atoms with Crippen molar-refractivity contribution in [1.82, 2.24) is 4.98 Å². The monoisotopic (exact) mass is 240 g/mol. The van der Waals surface area contributed by atoms with E-state index in [1.165, 1.54) is 43.2 Å². The number of nitrogens with one attached hydrogen (secondary N) is 1. The van der Waals surface area contributed by atoms with E-state index < -0.39 is 0 Å². The van der Waals surface area contributed by atoms with Crippen molar-refractivity contribution in [2.75, 3.05) is 11.9 Å². The summed E-state index contributed by atoms with van der Waals surface area (Å²) in [5.41, 5.74) is 2.30. The largest absolute Gasteiger partial charge is 0.384 e. The third-order valence-electron chi connectivity index (χ3n) is 3.95. The van der Waals surface area contributed by atoms with E-state index in [2.05, 4.69) is 34.6 Å². The molecule has 0 spiro atoms. The van der Waals surface area contributed by atoms with Crippen molar-refractivity contribution in [3.63, 3.8) is 0 Å². The first-order chi connectivity index (χ1) is 8.93. The molecule has 0 saturated heterocycles. The predicted molar refractivity (Wildman–Crippen MR) is 76.8 cm³/mol. The molecule has 1 aliphatic rings. The number of hydrogen-bond acceptors (Lipinski definition) is 2. The zero-order valence-corrected chi connectivity index (χ0v) is 10.7. The average molecular weight is 240 g/mol. The standard InChI is InChI=1S/C16H20N2/c1-2-6-13(7-3-1)12-18-16-10-4-9-15-14(16)8-5-11-17-15/h4-5,8-11,13,18H,1-3,6-7,12H2. The number of hydrogen-bond donors (Lipinski definition) is 1. The summed E-state index contributed by atoms with van der Waals surface area (Å²) in [6.45, 7) is 1.11. The maximum atomic E-state index is 4.40. The van der Waals surface area contributed by atoms with Crippen LogP contribution in [0, 0.1) is 5.92 Å². The molecule has 3 rings (SSSR count). The Labute approximate surface area is 108 Å². The van der Waals surface area contributed by atoms with E-state index in [0.29, 0.717) is 0 Å². The molecule has 0 aliphatic heterocycles. The van der Waals surface area contributed by atoms with Crippen LogP contribution in [0.25, 0.3) is 10.9 Å². The van der Waals surface area contributed by atoms with Crippen LogP contribution in [0.3, 0.4) is 0 Å². The van der Waals surface area contributed by atoms with E-state index >= 15 is 0 Å². The Balaban J connectivity index is 1.74. The third-order valence-corrected chi connectivity index (χ3v) is 3.95. The van der Waals surface area contributed by atoms with E-state index in [1.807, 2.05) is 12.3 Å². The van der Waals surface area contributed by atoms with Crippen molar-refractivity contribution in [2.24, 2.45) is 5.92 Å². The summed E-state index contributed by atoms with van der Waals surface area (Å²) in [6.07, 6.45) is 8.86. The maximum Gasteiger partial charge on any atom is 0.0722 e. The Morgan fingerprint density at radius 1 is 1.06 bits per heavy atom. The molecule has 1 aromatic heterocycles. The van der Waals surface area contributed by atoms with Crippen molar-refractivity contribution >= 4 is 16.6 Å². The second-order valence-corrected chi connectivity index (χ2v) is 5.26. The number of nitrogens with zero attached hydrogens (tertiary/aromatic N) is 1. The fraction of sp³-hybridized carbons (Fsp3) is 0.438. The second kappa shape index (κ2) is 5.38. The van der Waals surface area contributed by atoms with Gasteiger partial charge in [0.25, 0.3) is 0 Å². The molecule has 94 valence electrons. The van der Waals surface area contributed by atoms with Gasteiger partial charge in [0.05, 0.1) is 5.52 Å². The SMILES string of the molecule is c1cc(NCC2CCCCC2)c2cccnc2c1. The van der Waals surface area contributed by atoms with Crippen molar-refractivity contribution in [2.45, 2.75) is 32.1 Å². The van der Waals surface area contributed by atoms with Crippen LogP contribution in [0.2, 0.25) is 0 Å². The van der Waals surface area contributed by atoms with E-state index in [0.717, 1.165) is 18.0 Å². The van der Waals surface area contributed by atoms with E-state index in [-0.39, 0.29) is 0 Å². The van der Waals surface area contributed by atoms with Gasteiger partial charge in [-0.05, 0) is 43.0 Å². The molecule has 0 unspecified atom stereocenters. The molecule has 2 aromatic rings. The molecule has 0 atom stereocenters. The molecule has 1 aliphatic carbocycles. The van der Waals surface area contributed by atoms with Crippen molar-refractivity contribution in [3.8, 4) is 0 Å². The van der Waals surface area contributed by atoms with Gasteiger partial charge in [0.1, 0.15) is 0 Å². The minimum absolute atomic E-state index is 0.852. The minimum atomic E-state index is 0.852. The fourth-order valence-corrected chi connectivity index (χ4v) is 2.90. The highest BCUT2D eigenvalue weighted by molar-refractivity contribution is 5.91. The van der Waals surface area contributed by atoms with Gasteiger partial charge < -0.3 is 5.32 Å². The van der Waals surface area contributed by atoms with Crippen LogP contribution >= 0.6 is 0 Å². The molecule has 0 radical (unpaired) electrons. The van der Waals surface area contributed by atoms with Crippen molar-refractivity contribution < 1.29 is 0 Å². The summed E-state index contributed by atoms with van der Waals surface area (Å²) >= 11 is 0. The number of aromatic nitrogens is 1. The Morgan fingerprint density at radius 2 is 1.94 bits per heavy atom. The molecular formula is C16H20N2. The second-order valence-electron chi connectivity index (χ2n) is 5.26. The van der Waals surface area contributed by atoms with Gasteiger partial charge in [-0.3, -0.25) is 4.98 Å². The summed E-state index contributed by atoms with van der Waals surface area (Å²) in [5, 5.41) is 4.85. The molecule has 1 saturated carbocycles. The average Bonchev–Trinajstić information content (AvgIpc) is 2.46. The van der Waals surface area contributed by atoms with Gasteiger partial charge in [0.15, 0.2) is 0 Å². The van der Waals surface area contributed by atoms with Gasteiger partial charge in [0, 0.05) is 23.8 Å². The lowest BCUT2D eigenvalue weighted by molar-refractivity contribution is 0.373. The first-order valence-electron chi connectivity index (χ1n) is 7.01. The highest BCUT2D eigenvalue weighted by Gasteiger charge is 2.13. The summed E-state index contributed by atoms with van der Waals surface area (Å²) < 4.78 is 0. The Bertz CT molecular complexity index is 510. The van der Waals surface area contributed by atoms with Gasteiger partial charge in [-0.1, -0.05) is 25.3 Å². The van der Waals surface area contributed by atoms with Crippen LogP contribution in [0.1, 0.15) is 32.1 Å². The molecule has 0 amide bonds. The van der Waals surface area contributed by atoms with Crippen molar-refractivity contribution in [1.29, 1.82) is 0 Å². The first-order valence-corrected chi connectivity index (χ1v) is 7.01. The molecule has 2 nitrogen and oxygen atoms in total. The van der Waals surface area contributed by atoms with Crippen LogP contribution in [0.5, 0.6) is 0 Å². The summed E-state index contributed by atoms with van der Waals surface area (Å²) in [5.74, 6) is 0.852. The van der Waals surface area contributed by atoms with Crippen LogP contribution in [-0.4, -0.2) is 11.5 Å². The molecule has 2 heteroatoms. The molecule has 1 heterocycles. The van der Waals surface area contributed by atoms with Crippen LogP contribution in [0.4, 0.5) is 5.69 Å². The third kappa shape index (κ3) is 2.47. The Kier molecular flexibility index (Phi) is 3.44. The van der Waals surface area contributed by atoms with Crippen molar-refractivity contribution in [3.05, 3.63) is 36.5 Å². The maximum absolute atomic E-state index is 4.40. The highest BCUT2D eigenvalue weighted by Crippen LogP contribution is 2.26. The highest BCUT2D eigenvalue weighted by atomic mass is 14.9. The lowest BCUT2D eigenvalue weighted by Gasteiger charge is -2.22. The zero-order valence-electron chi connectivity index (χ0n) is 10.7. The Hall–Kier alpha value is -1.57. The lowest BCUT2D eigenvalue weighted by Crippen LogP contribution is -2.17. The van der Waals surface area contributed by atoms with Gasteiger partial charge in [-0.25, -0.2) is 0 Å². The number of benzene rings is 1. The van der Waals surface area contributed by atoms with Gasteiger partial charge >= 0.3 is 0 Å². The fourth-order valence-electron chi connectivity index (χ4n) is 2.90.